The lowest BCUT2D eigenvalue weighted by atomic mass is 9.79. The van der Waals surface area contributed by atoms with E-state index in [0.29, 0.717) is 12.9 Å². The minimum absolute atomic E-state index is 0.0710. The first-order chi connectivity index (χ1) is 13.7. The molecule has 0 bridgehead atoms. The van der Waals surface area contributed by atoms with E-state index < -0.39 is 7.12 Å². The number of methoxy groups -OCH3 is 1. The molecule has 2 fully saturated rings. The molecular weight excluding hydrogens is 353 g/mol. The topological polar surface area (TPSA) is 60.8 Å². The highest BCUT2D eigenvalue weighted by atomic mass is 16.5. The number of fused-ring (bicyclic) bond motifs is 1. The maximum Gasteiger partial charge on any atom is 0.454 e. The van der Waals surface area contributed by atoms with E-state index >= 15 is 0 Å². The van der Waals surface area contributed by atoms with Gasteiger partial charge in [-0.1, -0.05) is 12.5 Å². The zero-order chi connectivity index (χ0) is 19.1. The molecule has 5 nitrogen and oxygen atoms in total. The molecule has 146 valence electrons. The van der Waals surface area contributed by atoms with Crippen LogP contribution in [0, 0.1) is 0 Å². The van der Waals surface area contributed by atoms with Crippen LogP contribution in [0.4, 0.5) is 0 Å². The van der Waals surface area contributed by atoms with E-state index in [-0.39, 0.29) is 11.5 Å². The molecule has 2 aliphatic heterocycles. The molecule has 3 aliphatic rings. The van der Waals surface area contributed by atoms with Crippen molar-refractivity contribution < 1.29 is 19.2 Å². The maximum atomic E-state index is 9.70. The molecule has 0 amide bonds. The minimum atomic E-state index is -0.668. The Morgan fingerprint density at radius 2 is 2.07 bits per heavy atom. The molecule has 1 saturated carbocycles. The first-order valence-corrected chi connectivity index (χ1v) is 10.3. The Hall–Kier alpha value is -2.05. The van der Waals surface area contributed by atoms with Gasteiger partial charge in [-0.05, 0) is 55.3 Å². The third kappa shape index (κ3) is 3.09. The summed E-state index contributed by atoms with van der Waals surface area (Å²) in [5.41, 5.74) is 4.55. The molecule has 1 aromatic heterocycles. The van der Waals surface area contributed by atoms with E-state index in [1.54, 1.807) is 7.11 Å². The van der Waals surface area contributed by atoms with Crippen molar-refractivity contribution in [2.45, 2.75) is 56.4 Å². The molecule has 3 heterocycles. The number of rotatable bonds is 3. The van der Waals surface area contributed by atoms with Gasteiger partial charge in [-0.25, -0.2) is 0 Å². The van der Waals surface area contributed by atoms with Gasteiger partial charge in [0, 0.05) is 42.5 Å². The average molecular weight is 379 g/mol. The van der Waals surface area contributed by atoms with Crippen molar-refractivity contribution >= 4 is 7.12 Å². The predicted molar refractivity (Wildman–Crippen MR) is 108 cm³/mol. The Morgan fingerprint density at radius 1 is 1.21 bits per heavy atom. The maximum absolute atomic E-state index is 9.70. The molecule has 1 atom stereocenters. The Bertz CT molecular complexity index is 881. The number of pyridine rings is 1. The third-order valence-electron chi connectivity index (χ3n) is 6.54. The molecule has 1 unspecified atom stereocenters. The molecule has 1 aromatic carbocycles. The van der Waals surface area contributed by atoms with Crippen molar-refractivity contribution in [2.24, 2.45) is 0 Å². The fourth-order valence-corrected chi connectivity index (χ4v) is 5.04. The summed E-state index contributed by atoms with van der Waals surface area (Å²) in [7, 11) is 1.04. The summed E-state index contributed by atoms with van der Waals surface area (Å²) < 4.78 is 17.5. The highest BCUT2D eigenvalue weighted by Gasteiger charge is 2.43. The summed E-state index contributed by atoms with van der Waals surface area (Å²) in [6, 6.07) is 6.32. The SMILES string of the molecule is COc1ccc(-c2cncc(C3COB(O)C3)c2)c2c1OC1(CCCCC1)C2. The molecule has 1 spiro atoms. The summed E-state index contributed by atoms with van der Waals surface area (Å²) in [5.74, 6) is 1.92. The molecule has 28 heavy (non-hydrogen) atoms. The zero-order valence-corrected chi connectivity index (χ0v) is 16.3. The standard InChI is InChI=1S/C22H26BNO4/c1-26-20-6-5-18(19-10-22(28-21(19)20)7-3-2-4-8-22)16-9-15(12-24-13-16)17-11-23(25)27-14-17/h5-6,9,12-13,17,25H,2-4,7-8,10-11,14H2,1H3. The van der Waals surface area contributed by atoms with Crippen molar-refractivity contribution in [2.75, 3.05) is 13.7 Å². The second-order valence-electron chi connectivity index (χ2n) is 8.37. The zero-order valence-electron chi connectivity index (χ0n) is 16.3. The molecule has 6 heteroatoms. The lowest BCUT2D eigenvalue weighted by molar-refractivity contribution is 0.0507. The highest BCUT2D eigenvalue weighted by molar-refractivity contribution is 6.43. The fraction of sp³-hybridized carbons (Fsp3) is 0.500. The van der Waals surface area contributed by atoms with Gasteiger partial charge in [-0.3, -0.25) is 4.98 Å². The van der Waals surface area contributed by atoms with Gasteiger partial charge < -0.3 is 19.2 Å². The first-order valence-electron chi connectivity index (χ1n) is 10.3. The Labute approximate surface area is 166 Å². The van der Waals surface area contributed by atoms with Crippen LogP contribution in [0.2, 0.25) is 6.32 Å². The van der Waals surface area contributed by atoms with Gasteiger partial charge >= 0.3 is 7.12 Å². The number of aromatic nitrogens is 1. The lowest BCUT2D eigenvalue weighted by Crippen LogP contribution is -2.36. The Morgan fingerprint density at radius 3 is 2.82 bits per heavy atom. The number of benzene rings is 1. The van der Waals surface area contributed by atoms with Crippen LogP contribution in [0.1, 0.15) is 49.1 Å². The van der Waals surface area contributed by atoms with Gasteiger partial charge in [0.05, 0.1) is 7.11 Å². The van der Waals surface area contributed by atoms with Crippen LogP contribution in [0.5, 0.6) is 11.5 Å². The normalized spacial score (nSPS) is 22.9. The van der Waals surface area contributed by atoms with Gasteiger partial charge in [-0.2, -0.15) is 0 Å². The summed E-state index contributed by atoms with van der Waals surface area (Å²) in [6.07, 6.45) is 11.3. The summed E-state index contributed by atoms with van der Waals surface area (Å²) in [5, 5.41) is 9.70. The summed E-state index contributed by atoms with van der Waals surface area (Å²) >= 11 is 0. The van der Waals surface area contributed by atoms with Gasteiger partial charge in [-0.15, -0.1) is 0 Å². The van der Waals surface area contributed by atoms with Crippen LogP contribution < -0.4 is 9.47 Å². The van der Waals surface area contributed by atoms with Gasteiger partial charge in [0.1, 0.15) is 5.60 Å². The van der Waals surface area contributed by atoms with E-state index in [0.717, 1.165) is 41.9 Å². The van der Waals surface area contributed by atoms with E-state index in [1.807, 2.05) is 18.5 Å². The van der Waals surface area contributed by atoms with Crippen molar-refractivity contribution in [3.63, 3.8) is 0 Å². The molecule has 1 N–H and O–H groups in total. The Balaban J connectivity index is 1.53. The molecule has 2 aromatic rings. The van der Waals surface area contributed by atoms with E-state index in [2.05, 4.69) is 17.1 Å². The number of hydrogen-bond acceptors (Lipinski definition) is 5. The average Bonchev–Trinajstić information content (AvgIpc) is 3.31. The summed E-state index contributed by atoms with van der Waals surface area (Å²) in [6.45, 7) is 0.541. The highest BCUT2D eigenvalue weighted by Crippen LogP contribution is 2.50. The Kier molecular flexibility index (Phi) is 4.56. The van der Waals surface area contributed by atoms with Crippen molar-refractivity contribution in [1.29, 1.82) is 0 Å². The molecule has 0 radical (unpaired) electrons. The quantitative estimate of drug-likeness (QED) is 0.818. The lowest BCUT2D eigenvalue weighted by Gasteiger charge is -2.32. The van der Waals surface area contributed by atoms with Crippen molar-refractivity contribution in [3.8, 4) is 22.6 Å². The van der Waals surface area contributed by atoms with Crippen LogP contribution in [0.15, 0.2) is 30.6 Å². The largest absolute Gasteiger partial charge is 0.493 e. The molecule has 5 rings (SSSR count). The van der Waals surface area contributed by atoms with Crippen molar-refractivity contribution in [3.05, 3.63) is 41.7 Å². The first kappa shape index (κ1) is 18.0. The van der Waals surface area contributed by atoms with Crippen LogP contribution in [0.25, 0.3) is 11.1 Å². The van der Waals surface area contributed by atoms with Gasteiger partial charge in [0.15, 0.2) is 11.5 Å². The van der Waals surface area contributed by atoms with Crippen LogP contribution >= 0.6 is 0 Å². The predicted octanol–water partition coefficient (Wildman–Crippen LogP) is 3.99. The van der Waals surface area contributed by atoms with Gasteiger partial charge in [0.2, 0.25) is 0 Å². The minimum Gasteiger partial charge on any atom is -0.493 e. The molecular formula is C22H26BNO4. The van der Waals surface area contributed by atoms with Crippen LogP contribution in [-0.4, -0.2) is 36.4 Å². The molecule has 1 saturated heterocycles. The van der Waals surface area contributed by atoms with Gasteiger partial charge in [0.25, 0.3) is 0 Å². The fourth-order valence-electron chi connectivity index (χ4n) is 5.04. The number of ether oxygens (including phenoxy) is 2. The van der Waals surface area contributed by atoms with E-state index in [1.165, 1.54) is 30.4 Å². The van der Waals surface area contributed by atoms with Crippen molar-refractivity contribution in [1.82, 2.24) is 4.98 Å². The monoisotopic (exact) mass is 379 g/mol. The summed E-state index contributed by atoms with van der Waals surface area (Å²) in [4.78, 5) is 4.49. The number of hydrogen-bond donors (Lipinski definition) is 1. The third-order valence-corrected chi connectivity index (χ3v) is 6.54. The van der Waals surface area contributed by atoms with E-state index in [4.69, 9.17) is 14.1 Å². The number of nitrogens with zero attached hydrogens (tertiary/aromatic N) is 1. The smallest absolute Gasteiger partial charge is 0.454 e. The second-order valence-corrected chi connectivity index (χ2v) is 8.37. The van der Waals surface area contributed by atoms with E-state index in [9.17, 15) is 5.02 Å². The van der Waals surface area contributed by atoms with Crippen LogP contribution in [-0.2, 0) is 11.1 Å². The van der Waals surface area contributed by atoms with Crippen LogP contribution in [0.3, 0.4) is 0 Å². The second kappa shape index (κ2) is 7.09. The molecule has 1 aliphatic carbocycles.